The zero-order chi connectivity index (χ0) is 14.7. The Balaban J connectivity index is 1.76. The van der Waals surface area contributed by atoms with Crippen LogP contribution < -0.4 is 0 Å². The number of aryl methyl sites for hydroxylation is 2. The fraction of sp³-hybridized carbons (Fsp3) is 0.714. The number of amides is 1. The summed E-state index contributed by atoms with van der Waals surface area (Å²) >= 11 is 1.59. The van der Waals surface area contributed by atoms with Crippen LogP contribution in [-0.4, -0.2) is 46.0 Å². The predicted molar refractivity (Wildman–Crippen MR) is 78.5 cm³/mol. The maximum atomic E-state index is 12.1. The van der Waals surface area contributed by atoms with Crippen LogP contribution in [0.25, 0.3) is 0 Å². The monoisotopic (exact) mass is 298 g/mol. The molecule has 0 spiro atoms. The van der Waals surface area contributed by atoms with E-state index in [1.165, 1.54) is 0 Å². The van der Waals surface area contributed by atoms with E-state index in [0.717, 1.165) is 35.7 Å². The molecule has 1 aromatic heterocycles. The third-order valence-electron chi connectivity index (χ3n) is 3.91. The lowest BCUT2D eigenvalue weighted by atomic mass is 10.0. The van der Waals surface area contributed by atoms with Crippen molar-refractivity contribution in [2.24, 2.45) is 5.92 Å². The Kier molecular flexibility index (Phi) is 5.10. The zero-order valence-electron chi connectivity index (χ0n) is 12.3. The van der Waals surface area contributed by atoms with Crippen LogP contribution >= 0.6 is 11.8 Å². The van der Waals surface area contributed by atoms with Crippen LogP contribution in [0, 0.1) is 19.8 Å². The molecule has 20 heavy (non-hydrogen) atoms. The van der Waals surface area contributed by atoms with Gasteiger partial charge >= 0.3 is 0 Å². The second-order valence-electron chi connectivity index (χ2n) is 5.42. The minimum atomic E-state index is -0.331. The van der Waals surface area contributed by atoms with Crippen molar-refractivity contribution in [1.29, 1.82) is 0 Å². The topological polar surface area (TPSA) is 66.6 Å². The lowest BCUT2D eigenvalue weighted by molar-refractivity contribution is -0.127. The van der Waals surface area contributed by atoms with Crippen molar-refractivity contribution >= 4 is 17.7 Å². The van der Waals surface area contributed by atoms with E-state index in [-0.39, 0.29) is 17.9 Å². The Morgan fingerprint density at radius 3 is 2.90 bits per heavy atom. The number of aliphatic hydroxyl groups is 1. The van der Waals surface area contributed by atoms with Crippen LogP contribution in [0.4, 0.5) is 0 Å². The molecule has 0 radical (unpaired) electrons. The van der Waals surface area contributed by atoms with Gasteiger partial charge in [0.05, 0.1) is 17.6 Å². The number of aromatic nitrogens is 1. The highest BCUT2D eigenvalue weighted by atomic mass is 32.2. The summed E-state index contributed by atoms with van der Waals surface area (Å²) in [4.78, 5) is 14.0. The van der Waals surface area contributed by atoms with Gasteiger partial charge in [-0.05, 0) is 27.2 Å². The summed E-state index contributed by atoms with van der Waals surface area (Å²) in [6.45, 7) is 7.06. The SMILES string of the molecule is Cc1noc(C)c1CSCC(=O)N1CCC(C(C)O)C1. The third kappa shape index (κ3) is 3.55. The highest BCUT2D eigenvalue weighted by Gasteiger charge is 2.28. The Morgan fingerprint density at radius 1 is 1.60 bits per heavy atom. The molecule has 112 valence electrons. The fourth-order valence-electron chi connectivity index (χ4n) is 2.45. The molecule has 0 aliphatic carbocycles. The molecule has 1 aliphatic rings. The largest absolute Gasteiger partial charge is 0.393 e. The fourth-order valence-corrected chi connectivity index (χ4v) is 3.52. The van der Waals surface area contributed by atoms with Gasteiger partial charge in [0, 0.05) is 30.3 Å². The molecular formula is C14H22N2O3S. The maximum Gasteiger partial charge on any atom is 0.232 e. The lowest BCUT2D eigenvalue weighted by Gasteiger charge is -2.17. The number of hydrogen-bond acceptors (Lipinski definition) is 5. The molecule has 1 aromatic rings. The van der Waals surface area contributed by atoms with Crippen molar-refractivity contribution in [3.8, 4) is 0 Å². The van der Waals surface area contributed by atoms with Gasteiger partial charge in [0.2, 0.25) is 5.91 Å². The first-order chi connectivity index (χ1) is 9.49. The first-order valence-corrected chi connectivity index (χ1v) is 8.10. The Hall–Kier alpha value is -1.01. The molecule has 1 fully saturated rings. The van der Waals surface area contributed by atoms with Crippen molar-refractivity contribution in [3.05, 3.63) is 17.0 Å². The number of likely N-dealkylation sites (tertiary alicyclic amines) is 1. The number of carbonyl (C=O) groups is 1. The summed E-state index contributed by atoms with van der Waals surface area (Å²) in [6, 6.07) is 0. The van der Waals surface area contributed by atoms with E-state index in [0.29, 0.717) is 12.3 Å². The molecule has 2 unspecified atom stereocenters. The first kappa shape index (κ1) is 15.4. The molecule has 0 bridgehead atoms. The molecule has 1 saturated heterocycles. The van der Waals surface area contributed by atoms with Gasteiger partial charge in [0.25, 0.3) is 0 Å². The van der Waals surface area contributed by atoms with Gasteiger partial charge in [0.15, 0.2) is 0 Å². The van der Waals surface area contributed by atoms with Gasteiger partial charge in [0.1, 0.15) is 5.76 Å². The average molecular weight is 298 g/mol. The molecular weight excluding hydrogens is 276 g/mol. The molecule has 6 heteroatoms. The molecule has 1 N–H and O–H groups in total. The van der Waals surface area contributed by atoms with Crippen molar-refractivity contribution in [2.75, 3.05) is 18.8 Å². The number of aliphatic hydroxyl groups excluding tert-OH is 1. The van der Waals surface area contributed by atoms with Gasteiger partial charge in [-0.2, -0.15) is 0 Å². The van der Waals surface area contributed by atoms with Crippen LogP contribution in [0.1, 0.15) is 30.4 Å². The molecule has 2 atom stereocenters. The van der Waals surface area contributed by atoms with E-state index in [1.807, 2.05) is 18.7 Å². The van der Waals surface area contributed by atoms with E-state index < -0.39 is 0 Å². The number of thioether (sulfide) groups is 1. The number of rotatable bonds is 5. The van der Waals surface area contributed by atoms with Crippen LogP contribution in [0.2, 0.25) is 0 Å². The Labute approximate surface area is 123 Å². The second-order valence-corrected chi connectivity index (χ2v) is 6.41. The van der Waals surface area contributed by atoms with E-state index in [9.17, 15) is 9.90 Å². The lowest BCUT2D eigenvalue weighted by Crippen LogP contribution is -2.31. The van der Waals surface area contributed by atoms with Gasteiger partial charge < -0.3 is 14.5 Å². The highest BCUT2D eigenvalue weighted by Crippen LogP contribution is 2.23. The minimum Gasteiger partial charge on any atom is -0.393 e. The quantitative estimate of drug-likeness (QED) is 0.897. The number of nitrogens with zero attached hydrogens (tertiary/aromatic N) is 2. The number of hydrogen-bond donors (Lipinski definition) is 1. The van der Waals surface area contributed by atoms with E-state index >= 15 is 0 Å². The van der Waals surface area contributed by atoms with Crippen molar-refractivity contribution in [3.63, 3.8) is 0 Å². The normalized spacial score (nSPS) is 20.4. The van der Waals surface area contributed by atoms with Gasteiger partial charge in [-0.25, -0.2) is 0 Å². The van der Waals surface area contributed by atoms with Gasteiger partial charge in [-0.1, -0.05) is 5.16 Å². The summed E-state index contributed by atoms with van der Waals surface area (Å²) < 4.78 is 5.11. The molecule has 0 saturated carbocycles. The molecule has 5 nitrogen and oxygen atoms in total. The van der Waals surface area contributed by atoms with Crippen LogP contribution in [0.15, 0.2) is 4.52 Å². The zero-order valence-corrected chi connectivity index (χ0v) is 13.1. The van der Waals surface area contributed by atoms with Gasteiger partial charge in [-0.15, -0.1) is 11.8 Å². The molecule has 1 amide bonds. The van der Waals surface area contributed by atoms with Crippen LogP contribution in [0.5, 0.6) is 0 Å². The maximum absolute atomic E-state index is 12.1. The summed E-state index contributed by atoms with van der Waals surface area (Å²) in [7, 11) is 0. The summed E-state index contributed by atoms with van der Waals surface area (Å²) in [6.07, 6.45) is 0.570. The van der Waals surface area contributed by atoms with Gasteiger partial charge in [-0.3, -0.25) is 4.79 Å². The Morgan fingerprint density at radius 2 is 2.35 bits per heavy atom. The summed E-state index contributed by atoms with van der Waals surface area (Å²) in [5.74, 6) is 2.44. The molecule has 0 aromatic carbocycles. The standard InChI is InChI=1S/C14H22N2O3S/c1-9-13(11(3)19-15-9)7-20-8-14(18)16-5-4-12(6-16)10(2)17/h10,12,17H,4-8H2,1-3H3. The van der Waals surface area contributed by atoms with Crippen molar-refractivity contribution < 1.29 is 14.4 Å². The summed E-state index contributed by atoms with van der Waals surface area (Å²) in [5.41, 5.74) is 1.99. The average Bonchev–Trinajstić information content (AvgIpc) is 3.00. The summed E-state index contributed by atoms with van der Waals surface area (Å²) in [5, 5.41) is 13.5. The second kappa shape index (κ2) is 6.63. The molecule has 2 heterocycles. The van der Waals surface area contributed by atoms with Crippen molar-refractivity contribution in [2.45, 2.75) is 39.0 Å². The van der Waals surface area contributed by atoms with E-state index in [1.54, 1.807) is 18.7 Å². The third-order valence-corrected chi connectivity index (χ3v) is 4.86. The van der Waals surface area contributed by atoms with Crippen LogP contribution in [-0.2, 0) is 10.5 Å². The molecule has 1 aliphatic heterocycles. The molecule has 2 rings (SSSR count). The van der Waals surface area contributed by atoms with E-state index in [4.69, 9.17) is 4.52 Å². The van der Waals surface area contributed by atoms with Crippen LogP contribution in [0.3, 0.4) is 0 Å². The van der Waals surface area contributed by atoms with Crippen molar-refractivity contribution in [1.82, 2.24) is 10.1 Å². The number of carbonyl (C=O) groups excluding carboxylic acids is 1. The minimum absolute atomic E-state index is 0.157. The smallest absolute Gasteiger partial charge is 0.232 e. The first-order valence-electron chi connectivity index (χ1n) is 6.94. The van der Waals surface area contributed by atoms with E-state index in [2.05, 4.69) is 5.16 Å². The highest BCUT2D eigenvalue weighted by molar-refractivity contribution is 7.99. The predicted octanol–water partition coefficient (Wildman–Crippen LogP) is 1.75. The Bertz CT molecular complexity index is 453.